The molecule has 4 heteroatoms. The van der Waals surface area contributed by atoms with Crippen LogP contribution in [0.2, 0.25) is 0 Å². The van der Waals surface area contributed by atoms with Crippen molar-refractivity contribution in [1.82, 2.24) is 4.90 Å². The molecule has 0 fully saturated rings. The Kier molecular flexibility index (Phi) is 7.61. The topological polar surface area (TPSA) is 40.5 Å². The fourth-order valence-corrected chi connectivity index (χ4v) is 3.05. The van der Waals surface area contributed by atoms with E-state index in [1.165, 1.54) is 0 Å². The first-order chi connectivity index (χ1) is 11.0. The third-order valence-corrected chi connectivity index (χ3v) is 4.37. The second-order valence-electron chi connectivity index (χ2n) is 5.81. The van der Waals surface area contributed by atoms with Gasteiger partial charge in [0.25, 0.3) is 0 Å². The molecule has 3 nitrogen and oxygen atoms in total. The molecule has 24 heavy (non-hydrogen) atoms. The van der Waals surface area contributed by atoms with Gasteiger partial charge in [0.2, 0.25) is 0 Å². The SMILES string of the molecule is CCN(CC)C(C)(O)C(=O)C(c1ccccc1)c1ccccc1.Cl. The number of benzene rings is 2. The Morgan fingerprint density at radius 1 is 0.958 bits per heavy atom. The van der Waals surface area contributed by atoms with Crippen LogP contribution in [0.3, 0.4) is 0 Å². The fraction of sp³-hybridized carbons (Fsp3) is 0.350. The first-order valence-electron chi connectivity index (χ1n) is 8.14. The number of nitrogens with zero attached hydrogens (tertiary/aromatic N) is 1. The second kappa shape index (κ2) is 8.97. The maximum Gasteiger partial charge on any atom is 0.191 e. The predicted octanol–water partition coefficient (Wildman–Crippen LogP) is 3.86. The van der Waals surface area contributed by atoms with Crippen LogP contribution in [0.5, 0.6) is 0 Å². The minimum atomic E-state index is -1.50. The van der Waals surface area contributed by atoms with Gasteiger partial charge in [0.1, 0.15) is 0 Å². The number of aliphatic hydroxyl groups is 1. The molecule has 0 spiro atoms. The fourth-order valence-electron chi connectivity index (χ4n) is 3.05. The van der Waals surface area contributed by atoms with Crippen LogP contribution in [0.25, 0.3) is 0 Å². The van der Waals surface area contributed by atoms with Crippen molar-refractivity contribution in [2.75, 3.05) is 13.1 Å². The number of hydrogen-bond acceptors (Lipinski definition) is 3. The van der Waals surface area contributed by atoms with Gasteiger partial charge >= 0.3 is 0 Å². The maximum atomic E-state index is 13.2. The lowest BCUT2D eigenvalue weighted by Gasteiger charge is -2.36. The van der Waals surface area contributed by atoms with Crippen molar-refractivity contribution in [1.29, 1.82) is 0 Å². The number of ketones is 1. The summed E-state index contributed by atoms with van der Waals surface area (Å²) >= 11 is 0. The number of carbonyl (C=O) groups is 1. The molecule has 0 aliphatic carbocycles. The number of Topliss-reactive ketones (excluding diaryl/α,β-unsaturated/α-hetero) is 1. The zero-order valence-electron chi connectivity index (χ0n) is 14.5. The zero-order chi connectivity index (χ0) is 16.9. The van der Waals surface area contributed by atoms with Crippen LogP contribution in [-0.2, 0) is 4.79 Å². The van der Waals surface area contributed by atoms with Crippen molar-refractivity contribution in [3.8, 4) is 0 Å². The monoisotopic (exact) mass is 347 g/mol. The van der Waals surface area contributed by atoms with E-state index in [4.69, 9.17) is 0 Å². The third-order valence-electron chi connectivity index (χ3n) is 4.37. The Hall–Kier alpha value is -1.68. The van der Waals surface area contributed by atoms with Crippen molar-refractivity contribution in [2.45, 2.75) is 32.4 Å². The minimum Gasteiger partial charge on any atom is -0.369 e. The quantitative estimate of drug-likeness (QED) is 0.773. The molecular formula is C20H26ClNO2. The van der Waals surface area contributed by atoms with E-state index in [0.717, 1.165) is 11.1 Å². The third kappa shape index (κ3) is 4.23. The van der Waals surface area contributed by atoms with Crippen molar-refractivity contribution in [3.05, 3.63) is 71.8 Å². The van der Waals surface area contributed by atoms with E-state index < -0.39 is 11.6 Å². The molecule has 1 atom stereocenters. The molecule has 0 amide bonds. The van der Waals surface area contributed by atoms with E-state index >= 15 is 0 Å². The van der Waals surface area contributed by atoms with E-state index in [-0.39, 0.29) is 18.2 Å². The van der Waals surface area contributed by atoms with Crippen LogP contribution >= 0.6 is 12.4 Å². The normalized spacial score (nSPS) is 13.4. The molecule has 130 valence electrons. The molecule has 0 bridgehead atoms. The molecule has 0 saturated heterocycles. The Morgan fingerprint density at radius 2 is 1.33 bits per heavy atom. The number of rotatable bonds is 7. The number of likely N-dealkylation sites (N-methyl/N-ethyl adjacent to an activating group) is 1. The first kappa shape index (κ1) is 20.4. The molecule has 0 aromatic heterocycles. The van der Waals surface area contributed by atoms with Gasteiger partial charge in [-0.2, -0.15) is 0 Å². The maximum absolute atomic E-state index is 13.2. The minimum absolute atomic E-state index is 0. The van der Waals surface area contributed by atoms with Crippen LogP contribution in [-0.4, -0.2) is 34.6 Å². The highest BCUT2D eigenvalue weighted by Gasteiger charge is 2.40. The Labute approximate surface area is 150 Å². The van der Waals surface area contributed by atoms with Gasteiger partial charge in [0.15, 0.2) is 11.5 Å². The smallest absolute Gasteiger partial charge is 0.191 e. The Balaban J connectivity index is 0.00000288. The average molecular weight is 348 g/mol. The summed E-state index contributed by atoms with van der Waals surface area (Å²) in [5, 5.41) is 10.9. The molecule has 0 saturated carbocycles. The van der Waals surface area contributed by atoms with E-state index in [1.807, 2.05) is 74.5 Å². The summed E-state index contributed by atoms with van der Waals surface area (Å²) in [6.45, 7) is 6.73. The summed E-state index contributed by atoms with van der Waals surface area (Å²) in [5.41, 5.74) is 0.298. The summed E-state index contributed by atoms with van der Waals surface area (Å²) < 4.78 is 0. The lowest BCUT2D eigenvalue weighted by Crippen LogP contribution is -2.54. The van der Waals surface area contributed by atoms with Gasteiger partial charge in [0, 0.05) is 0 Å². The van der Waals surface area contributed by atoms with Gasteiger partial charge < -0.3 is 5.11 Å². The molecule has 0 aliphatic rings. The van der Waals surface area contributed by atoms with Gasteiger partial charge in [-0.25, -0.2) is 0 Å². The van der Waals surface area contributed by atoms with Gasteiger partial charge in [-0.15, -0.1) is 12.4 Å². The zero-order valence-corrected chi connectivity index (χ0v) is 15.3. The van der Waals surface area contributed by atoms with E-state index in [2.05, 4.69) is 0 Å². The second-order valence-corrected chi connectivity index (χ2v) is 5.81. The molecule has 0 heterocycles. The molecule has 1 N–H and O–H groups in total. The summed E-state index contributed by atoms with van der Waals surface area (Å²) in [5.74, 6) is -0.674. The summed E-state index contributed by atoms with van der Waals surface area (Å²) in [7, 11) is 0. The highest BCUT2D eigenvalue weighted by Crippen LogP contribution is 2.31. The predicted molar refractivity (Wildman–Crippen MR) is 101 cm³/mol. The lowest BCUT2D eigenvalue weighted by molar-refractivity contribution is -0.157. The molecule has 0 aliphatic heterocycles. The van der Waals surface area contributed by atoms with Gasteiger partial charge in [0.05, 0.1) is 5.92 Å². The summed E-state index contributed by atoms with van der Waals surface area (Å²) in [6, 6.07) is 19.3. The molecular weight excluding hydrogens is 322 g/mol. The summed E-state index contributed by atoms with van der Waals surface area (Å²) in [4.78, 5) is 15.0. The van der Waals surface area contributed by atoms with E-state index in [1.54, 1.807) is 11.8 Å². The van der Waals surface area contributed by atoms with Crippen molar-refractivity contribution in [2.24, 2.45) is 0 Å². The number of hydrogen-bond donors (Lipinski definition) is 1. The molecule has 2 aromatic rings. The van der Waals surface area contributed by atoms with Crippen LogP contribution in [0.15, 0.2) is 60.7 Å². The average Bonchev–Trinajstić information content (AvgIpc) is 2.58. The van der Waals surface area contributed by atoms with Crippen LogP contribution < -0.4 is 0 Å². The largest absolute Gasteiger partial charge is 0.369 e. The first-order valence-corrected chi connectivity index (χ1v) is 8.14. The van der Waals surface area contributed by atoms with Gasteiger partial charge in [-0.1, -0.05) is 74.5 Å². The van der Waals surface area contributed by atoms with Crippen LogP contribution in [0.1, 0.15) is 37.8 Å². The number of carbonyl (C=O) groups excluding carboxylic acids is 1. The lowest BCUT2D eigenvalue weighted by atomic mass is 9.83. The molecule has 2 rings (SSSR count). The highest BCUT2D eigenvalue weighted by atomic mass is 35.5. The van der Waals surface area contributed by atoms with Crippen LogP contribution in [0, 0.1) is 0 Å². The Morgan fingerprint density at radius 3 is 1.67 bits per heavy atom. The highest BCUT2D eigenvalue weighted by molar-refractivity contribution is 5.95. The molecule has 2 aromatic carbocycles. The van der Waals surface area contributed by atoms with E-state index in [0.29, 0.717) is 13.1 Å². The van der Waals surface area contributed by atoms with Crippen molar-refractivity contribution >= 4 is 18.2 Å². The van der Waals surface area contributed by atoms with E-state index in [9.17, 15) is 9.90 Å². The molecule has 1 unspecified atom stereocenters. The number of halogens is 1. The van der Waals surface area contributed by atoms with Gasteiger partial charge in [-0.3, -0.25) is 9.69 Å². The van der Waals surface area contributed by atoms with Crippen molar-refractivity contribution < 1.29 is 9.90 Å². The molecule has 0 radical (unpaired) electrons. The van der Waals surface area contributed by atoms with Crippen molar-refractivity contribution in [3.63, 3.8) is 0 Å². The van der Waals surface area contributed by atoms with Crippen LogP contribution in [0.4, 0.5) is 0 Å². The standard InChI is InChI=1S/C20H25NO2.ClH/c1-4-21(5-2)20(3,23)19(22)18(16-12-8-6-9-13-16)17-14-10-7-11-15-17;/h6-15,18,23H,4-5H2,1-3H3;1H. The van der Waals surface area contributed by atoms with Gasteiger partial charge in [-0.05, 0) is 31.1 Å². The summed E-state index contributed by atoms with van der Waals surface area (Å²) in [6.07, 6.45) is 0. The Bertz CT molecular complexity index is 585.